The summed E-state index contributed by atoms with van der Waals surface area (Å²) < 4.78 is 62.0. The lowest BCUT2D eigenvalue weighted by Gasteiger charge is -2.49. The molecule has 2 fully saturated rings. The van der Waals surface area contributed by atoms with Crippen molar-refractivity contribution >= 4 is 61.2 Å². The van der Waals surface area contributed by atoms with Gasteiger partial charge in [-0.3, -0.25) is 19.8 Å². The molecule has 2 aliphatic heterocycles. The molecule has 0 radical (unpaired) electrons. The van der Waals surface area contributed by atoms with E-state index in [1.54, 1.807) is 24.4 Å². The number of aromatic nitrogens is 2. The first-order valence-electron chi connectivity index (χ1n) is 21.6. The second-order valence-electron chi connectivity index (χ2n) is 18.3. The van der Waals surface area contributed by atoms with Gasteiger partial charge in [-0.25, -0.2) is 22.5 Å². The lowest BCUT2D eigenvalue weighted by molar-refractivity contribution is -0.384. The maximum absolute atomic E-state index is 15.5. The molecule has 3 aliphatic rings. The molecule has 2 atom stereocenters. The standard InChI is InChI=1S/C47H53ClFN7O8S/c1-29-26-55(15-14-54(29)27-32-22-46(2,3)47(4,5)23-39(32)30-6-8-33(48)9-7-30)34-10-11-38(42(19-34)64-35-18-31-12-13-50-44(31)52-24-35)45(57)53-65(60,61)37-20-40(49)43(41(21-37)56(58)59)51-25-36-28-62-16-17-63-36/h6-13,18-21,24,29,36,51H,14-17,22-23,25-28H2,1-5H3,(H,50,52)(H,53,57). The quantitative estimate of drug-likeness (QED) is 0.0755. The van der Waals surface area contributed by atoms with E-state index >= 15 is 4.39 Å². The van der Waals surface area contributed by atoms with Crippen LogP contribution in [0.4, 0.5) is 21.5 Å². The van der Waals surface area contributed by atoms with Crippen molar-refractivity contribution in [2.24, 2.45) is 10.8 Å². The van der Waals surface area contributed by atoms with Gasteiger partial charge in [0.25, 0.3) is 21.6 Å². The zero-order valence-corrected chi connectivity index (χ0v) is 38.5. The Labute approximate surface area is 382 Å². The van der Waals surface area contributed by atoms with Crippen LogP contribution < -0.4 is 19.7 Å². The van der Waals surface area contributed by atoms with Crippen molar-refractivity contribution in [2.75, 3.05) is 62.8 Å². The number of nitro groups is 1. The number of ether oxygens (including phenoxy) is 3. The second kappa shape index (κ2) is 18.4. The molecule has 0 saturated carbocycles. The monoisotopic (exact) mass is 929 g/mol. The number of halogens is 2. The predicted molar refractivity (Wildman–Crippen MR) is 248 cm³/mol. The summed E-state index contributed by atoms with van der Waals surface area (Å²) in [5.41, 5.74) is 4.04. The lowest BCUT2D eigenvalue weighted by Crippen LogP contribution is -2.53. The number of nitro benzene ring substituents is 1. The Kier molecular flexibility index (Phi) is 13.0. The number of hydrogen-bond acceptors (Lipinski definition) is 12. The van der Waals surface area contributed by atoms with E-state index in [2.05, 4.69) is 71.8 Å². The third-order valence-electron chi connectivity index (χ3n) is 13.2. The van der Waals surface area contributed by atoms with E-state index in [9.17, 15) is 23.3 Å². The Morgan fingerprint density at radius 3 is 2.54 bits per heavy atom. The van der Waals surface area contributed by atoms with Gasteiger partial charge in [-0.1, -0.05) is 57.0 Å². The van der Waals surface area contributed by atoms with Gasteiger partial charge >= 0.3 is 0 Å². The molecule has 3 aromatic carbocycles. The van der Waals surface area contributed by atoms with Gasteiger partial charge in [-0.2, -0.15) is 0 Å². The average molecular weight is 930 g/mol. The fourth-order valence-electron chi connectivity index (χ4n) is 8.73. The minimum absolute atomic E-state index is 0.0259. The molecular formula is C47H53ClFN7O8S. The fraction of sp³-hybridized carbons (Fsp3) is 0.404. The van der Waals surface area contributed by atoms with Crippen molar-refractivity contribution in [1.29, 1.82) is 0 Å². The Hall–Kier alpha value is -5.59. The topological polar surface area (TPSA) is 181 Å². The highest BCUT2D eigenvalue weighted by Gasteiger charge is 2.43. The summed E-state index contributed by atoms with van der Waals surface area (Å²) >= 11 is 6.29. The number of hydrogen-bond donors (Lipinski definition) is 3. The van der Waals surface area contributed by atoms with E-state index < -0.39 is 49.0 Å². The number of rotatable bonds is 13. The highest BCUT2D eigenvalue weighted by molar-refractivity contribution is 7.90. The molecule has 4 heterocycles. The van der Waals surface area contributed by atoms with Crippen LogP contribution in [0.25, 0.3) is 16.6 Å². The van der Waals surface area contributed by atoms with Crippen molar-refractivity contribution in [3.63, 3.8) is 0 Å². The molecule has 0 spiro atoms. The van der Waals surface area contributed by atoms with Crippen molar-refractivity contribution in [2.45, 2.75) is 64.5 Å². The van der Waals surface area contributed by atoms with E-state index in [0.717, 1.165) is 37.0 Å². The predicted octanol–water partition coefficient (Wildman–Crippen LogP) is 8.81. The number of allylic oxidation sites excluding steroid dienone is 1. The number of H-pyrrole nitrogens is 1. The summed E-state index contributed by atoms with van der Waals surface area (Å²) in [6, 6.07) is 18.0. The van der Waals surface area contributed by atoms with Gasteiger partial charge in [-0.05, 0) is 84.2 Å². The molecule has 5 aromatic rings. The van der Waals surface area contributed by atoms with Crippen LogP contribution in [0.15, 0.2) is 89.6 Å². The van der Waals surface area contributed by atoms with Gasteiger partial charge in [0, 0.05) is 73.2 Å². The summed E-state index contributed by atoms with van der Waals surface area (Å²) in [6.07, 6.45) is 4.63. The molecule has 8 rings (SSSR count). The Balaban J connectivity index is 1.04. The Bertz CT molecular complexity index is 2760. The van der Waals surface area contributed by atoms with Crippen LogP contribution in [0, 0.1) is 26.8 Å². The normalized spacial score (nSPS) is 20.1. The molecule has 1 aliphatic carbocycles. The number of nitrogens with one attached hydrogen (secondary N) is 3. The van der Waals surface area contributed by atoms with Crippen LogP contribution in [-0.4, -0.2) is 98.8 Å². The van der Waals surface area contributed by atoms with Crippen LogP contribution in [0.5, 0.6) is 11.5 Å². The molecule has 2 aromatic heterocycles. The Morgan fingerprint density at radius 1 is 1.05 bits per heavy atom. The third kappa shape index (κ3) is 9.99. The number of carbonyl (C=O) groups is 1. The van der Waals surface area contributed by atoms with E-state index in [0.29, 0.717) is 54.9 Å². The van der Waals surface area contributed by atoms with E-state index in [1.807, 2.05) is 22.9 Å². The summed E-state index contributed by atoms with van der Waals surface area (Å²) in [4.78, 5) is 36.5. The molecule has 2 saturated heterocycles. The Morgan fingerprint density at radius 2 is 1.82 bits per heavy atom. The second-order valence-corrected chi connectivity index (χ2v) is 20.4. The van der Waals surface area contributed by atoms with Crippen LogP contribution in [0.3, 0.4) is 0 Å². The molecule has 1 amide bonds. The van der Waals surface area contributed by atoms with Gasteiger partial charge in [-0.15, -0.1) is 0 Å². The minimum atomic E-state index is -4.86. The van der Waals surface area contributed by atoms with Crippen molar-refractivity contribution in [1.82, 2.24) is 19.6 Å². The van der Waals surface area contributed by atoms with Crippen molar-refractivity contribution < 1.29 is 36.7 Å². The van der Waals surface area contributed by atoms with E-state index in [4.69, 9.17) is 25.8 Å². The molecule has 344 valence electrons. The largest absolute Gasteiger partial charge is 0.455 e. The number of aromatic amines is 1. The van der Waals surface area contributed by atoms with Gasteiger partial charge < -0.3 is 29.4 Å². The summed E-state index contributed by atoms with van der Waals surface area (Å²) in [5.74, 6) is -1.97. The number of nitrogens with zero attached hydrogens (tertiary/aromatic N) is 4. The smallest absolute Gasteiger partial charge is 0.296 e. The van der Waals surface area contributed by atoms with E-state index in [1.165, 1.54) is 29.0 Å². The lowest BCUT2D eigenvalue weighted by atomic mass is 9.57. The number of sulfonamides is 1. The number of piperazine rings is 1. The molecule has 3 N–H and O–H groups in total. The number of amides is 1. The van der Waals surface area contributed by atoms with Crippen LogP contribution in [-0.2, 0) is 19.5 Å². The van der Waals surface area contributed by atoms with Gasteiger partial charge in [0.2, 0.25) is 0 Å². The minimum Gasteiger partial charge on any atom is -0.455 e. The van der Waals surface area contributed by atoms with E-state index in [-0.39, 0.29) is 41.3 Å². The number of fused-ring (bicyclic) bond motifs is 1. The number of benzene rings is 3. The number of carbonyl (C=O) groups excluding carboxylic acids is 1. The maximum atomic E-state index is 15.5. The van der Waals surface area contributed by atoms with Gasteiger partial charge in [0.15, 0.2) is 5.82 Å². The number of pyridine rings is 1. The highest BCUT2D eigenvalue weighted by Crippen LogP contribution is 2.54. The fourth-order valence-corrected chi connectivity index (χ4v) is 9.86. The molecule has 18 heteroatoms. The molecular weight excluding hydrogens is 877 g/mol. The maximum Gasteiger partial charge on any atom is 0.296 e. The van der Waals surface area contributed by atoms with Crippen molar-refractivity contribution in [3.05, 3.63) is 117 Å². The molecule has 65 heavy (non-hydrogen) atoms. The highest BCUT2D eigenvalue weighted by atomic mass is 35.5. The average Bonchev–Trinajstić information content (AvgIpc) is 3.73. The SMILES string of the molecule is CC1CN(c2ccc(C(=O)NS(=O)(=O)c3cc(F)c(NCC4COCCO4)c([N+](=O)[O-])c3)c(Oc3cnc4[nH]ccc4c3)c2)CCN1CC1=C(c2ccc(Cl)cc2)CC(C)(C)C(C)(C)C1. The third-order valence-corrected chi connectivity index (χ3v) is 14.8. The first kappa shape index (κ1) is 46.0. The van der Waals surface area contributed by atoms with Crippen LogP contribution in [0.2, 0.25) is 5.02 Å². The summed E-state index contributed by atoms with van der Waals surface area (Å²) in [6.45, 7) is 15.4. The van der Waals surface area contributed by atoms with Crippen molar-refractivity contribution in [3.8, 4) is 11.5 Å². The summed E-state index contributed by atoms with van der Waals surface area (Å²) in [7, 11) is -4.86. The zero-order valence-electron chi connectivity index (χ0n) is 37.0. The number of anilines is 2. The molecule has 15 nitrogen and oxygen atoms in total. The summed E-state index contributed by atoms with van der Waals surface area (Å²) in [5, 5.41) is 16.2. The van der Waals surface area contributed by atoms with Crippen LogP contribution in [0.1, 0.15) is 63.4 Å². The van der Waals surface area contributed by atoms with Crippen LogP contribution >= 0.6 is 11.6 Å². The molecule has 0 bridgehead atoms. The van der Waals surface area contributed by atoms with Gasteiger partial charge in [0.1, 0.15) is 22.8 Å². The zero-order chi connectivity index (χ0) is 46.3. The first-order chi connectivity index (χ1) is 30.9. The van der Waals surface area contributed by atoms with Gasteiger partial charge in [0.05, 0.1) is 47.5 Å². The molecule has 2 unspecified atom stereocenters. The first-order valence-corrected chi connectivity index (χ1v) is 23.4.